The van der Waals surface area contributed by atoms with Crippen molar-refractivity contribution < 1.29 is 9.53 Å². The lowest BCUT2D eigenvalue weighted by Gasteiger charge is -2.08. The lowest BCUT2D eigenvalue weighted by Crippen LogP contribution is -2.27. The van der Waals surface area contributed by atoms with Crippen LogP contribution in [0.1, 0.15) is 21.5 Å². The van der Waals surface area contributed by atoms with Crippen LogP contribution >= 0.6 is 0 Å². The van der Waals surface area contributed by atoms with Gasteiger partial charge in [0.2, 0.25) is 0 Å². The molecule has 0 spiro atoms. The summed E-state index contributed by atoms with van der Waals surface area (Å²) in [6.07, 6.45) is 0. The number of hydrogen-bond donors (Lipinski definition) is 1. The summed E-state index contributed by atoms with van der Waals surface area (Å²) in [6, 6.07) is 15.2. The van der Waals surface area contributed by atoms with Gasteiger partial charge >= 0.3 is 0 Å². The first kappa shape index (κ1) is 13.1. The largest absolute Gasteiger partial charge is 0.473 e. The minimum absolute atomic E-state index is 0.128. The molecular weight excluding hydrogens is 238 g/mol. The molecule has 0 saturated heterocycles. The van der Waals surface area contributed by atoms with E-state index in [1.165, 1.54) is 0 Å². The van der Waals surface area contributed by atoms with E-state index in [4.69, 9.17) is 4.74 Å². The predicted molar refractivity (Wildman–Crippen MR) is 75.3 cm³/mol. The molecule has 2 aromatic rings. The van der Waals surface area contributed by atoms with Crippen molar-refractivity contribution in [2.24, 2.45) is 0 Å². The standard InChI is InChI=1S/C16H17NO2/c1-12-5-3-7-14(9-12)16(18)17-11-19-15-8-4-6-13(2)10-15/h3-10H,11H2,1-2H3,(H,17,18). The molecule has 0 heterocycles. The molecule has 2 rings (SSSR count). The summed E-state index contributed by atoms with van der Waals surface area (Å²) < 4.78 is 5.48. The van der Waals surface area contributed by atoms with Gasteiger partial charge in [0.25, 0.3) is 5.91 Å². The summed E-state index contributed by atoms with van der Waals surface area (Å²) in [5.74, 6) is 0.626. The maximum atomic E-state index is 11.9. The maximum Gasteiger partial charge on any atom is 0.253 e. The van der Waals surface area contributed by atoms with E-state index in [2.05, 4.69) is 5.32 Å². The third-order valence-corrected chi connectivity index (χ3v) is 2.74. The van der Waals surface area contributed by atoms with E-state index in [-0.39, 0.29) is 12.6 Å². The second-order valence-electron chi connectivity index (χ2n) is 4.48. The van der Waals surface area contributed by atoms with E-state index in [9.17, 15) is 4.79 Å². The van der Waals surface area contributed by atoms with Gasteiger partial charge in [-0.3, -0.25) is 4.79 Å². The topological polar surface area (TPSA) is 38.3 Å². The van der Waals surface area contributed by atoms with E-state index in [0.717, 1.165) is 16.9 Å². The van der Waals surface area contributed by atoms with Crippen LogP contribution in [-0.2, 0) is 0 Å². The molecular formula is C16H17NO2. The summed E-state index contributed by atoms with van der Waals surface area (Å²) in [5.41, 5.74) is 2.84. The van der Waals surface area contributed by atoms with Crippen molar-refractivity contribution in [3.8, 4) is 5.75 Å². The number of aryl methyl sites for hydroxylation is 2. The van der Waals surface area contributed by atoms with Crippen molar-refractivity contribution in [3.63, 3.8) is 0 Å². The summed E-state index contributed by atoms with van der Waals surface area (Å²) in [7, 11) is 0. The molecule has 0 saturated carbocycles. The number of carbonyl (C=O) groups is 1. The highest BCUT2D eigenvalue weighted by molar-refractivity contribution is 5.94. The number of nitrogens with one attached hydrogen (secondary N) is 1. The van der Waals surface area contributed by atoms with Gasteiger partial charge < -0.3 is 10.1 Å². The first-order valence-corrected chi connectivity index (χ1v) is 6.19. The fourth-order valence-electron chi connectivity index (χ4n) is 1.78. The van der Waals surface area contributed by atoms with Crippen molar-refractivity contribution >= 4 is 5.91 Å². The van der Waals surface area contributed by atoms with Gasteiger partial charge in [0, 0.05) is 5.56 Å². The number of carbonyl (C=O) groups excluding carboxylic acids is 1. The molecule has 3 heteroatoms. The van der Waals surface area contributed by atoms with Crippen LogP contribution in [0.4, 0.5) is 0 Å². The van der Waals surface area contributed by atoms with Gasteiger partial charge in [-0.25, -0.2) is 0 Å². The van der Waals surface area contributed by atoms with E-state index in [1.54, 1.807) is 6.07 Å². The van der Waals surface area contributed by atoms with Gasteiger partial charge in [-0.2, -0.15) is 0 Å². The maximum absolute atomic E-state index is 11.9. The molecule has 1 N–H and O–H groups in total. The van der Waals surface area contributed by atoms with Crippen LogP contribution in [0.2, 0.25) is 0 Å². The van der Waals surface area contributed by atoms with Crippen LogP contribution in [0.3, 0.4) is 0 Å². The van der Waals surface area contributed by atoms with Crippen molar-refractivity contribution in [3.05, 3.63) is 65.2 Å². The van der Waals surface area contributed by atoms with Gasteiger partial charge in [-0.1, -0.05) is 29.8 Å². The molecule has 0 fully saturated rings. The quantitative estimate of drug-likeness (QED) is 0.853. The van der Waals surface area contributed by atoms with Crippen LogP contribution in [0.5, 0.6) is 5.75 Å². The SMILES string of the molecule is Cc1cccc(OCNC(=O)c2cccc(C)c2)c1. The molecule has 0 atom stereocenters. The smallest absolute Gasteiger partial charge is 0.253 e. The molecule has 2 aromatic carbocycles. The van der Waals surface area contributed by atoms with E-state index in [1.807, 2.05) is 56.3 Å². The van der Waals surface area contributed by atoms with Crippen LogP contribution in [0.15, 0.2) is 48.5 Å². The summed E-state index contributed by atoms with van der Waals surface area (Å²) in [4.78, 5) is 11.9. The predicted octanol–water partition coefficient (Wildman–Crippen LogP) is 3.07. The molecule has 3 nitrogen and oxygen atoms in total. The van der Waals surface area contributed by atoms with Crippen molar-refractivity contribution in [1.29, 1.82) is 0 Å². The molecule has 0 aromatic heterocycles. The third-order valence-electron chi connectivity index (χ3n) is 2.74. The Morgan fingerprint density at radius 3 is 2.42 bits per heavy atom. The zero-order valence-corrected chi connectivity index (χ0v) is 11.1. The number of hydrogen-bond acceptors (Lipinski definition) is 2. The number of rotatable bonds is 4. The van der Waals surface area contributed by atoms with Gasteiger partial charge in [-0.05, 0) is 43.7 Å². The summed E-state index contributed by atoms with van der Waals surface area (Å²) >= 11 is 0. The van der Waals surface area contributed by atoms with Crippen LogP contribution in [0, 0.1) is 13.8 Å². The molecule has 0 radical (unpaired) electrons. The van der Waals surface area contributed by atoms with Gasteiger partial charge in [-0.15, -0.1) is 0 Å². The van der Waals surface area contributed by atoms with Gasteiger partial charge in [0.15, 0.2) is 6.73 Å². The Hall–Kier alpha value is -2.29. The lowest BCUT2D eigenvalue weighted by atomic mass is 10.1. The first-order chi connectivity index (χ1) is 9.15. The third kappa shape index (κ3) is 3.85. The Morgan fingerprint density at radius 1 is 1.05 bits per heavy atom. The number of amides is 1. The Labute approximate surface area is 113 Å². The van der Waals surface area contributed by atoms with Crippen molar-refractivity contribution in [2.45, 2.75) is 13.8 Å². The summed E-state index contributed by atoms with van der Waals surface area (Å²) in [5, 5.41) is 2.73. The molecule has 19 heavy (non-hydrogen) atoms. The zero-order chi connectivity index (χ0) is 13.7. The Bertz CT molecular complexity index is 578. The van der Waals surface area contributed by atoms with Crippen molar-refractivity contribution in [1.82, 2.24) is 5.32 Å². The van der Waals surface area contributed by atoms with Crippen LogP contribution in [0.25, 0.3) is 0 Å². The average molecular weight is 255 g/mol. The van der Waals surface area contributed by atoms with E-state index < -0.39 is 0 Å². The average Bonchev–Trinajstić information content (AvgIpc) is 2.38. The zero-order valence-electron chi connectivity index (χ0n) is 11.1. The highest BCUT2D eigenvalue weighted by atomic mass is 16.5. The Kier molecular flexibility index (Phi) is 4.18. The molecule has 0 aliphatic heterocycles. The van der Waals surface area contributed by atoms with Crippen LogP contribution < -0.4 is 10.1 Å². The van der Waals surface area contributed by atoms with Gasteiger partial charge in [0.1, 0.15) is 5.75 Å². The fourth-order valence-corrected chi connectivity index (χ4v) is 1.78. The lowest BCUT2D eigenvalue weighted by molar-refractivity contribution is 0.0919. The van der Waals surface area contributed by atoms with E-state index in [0.29, 0.717) is 5.56 Å². The minimum Gasteiger partial charge on any atom is -0.473 e. The minimum atomic E-state index is -0.128. The van der Waals surface area contributed by atoms with E-state index >= 15 is 0 Å². The molecule has 0 aliphatic rings. The van der Waals surface area contributed by atoms with Crippen molar-refractivity contribution in [2.75, 3.05) is 6.73 Å². The highest BCUT2D eigenvalue weighted by Crippen LogP contribution is 2.11. The number of ether oxygens (including phenoxy) is 1. The second kappa shape index (κ2) is 6.05. The Balaban J connectivity index is 1.87. The monoisotopic (exact) mass is 255 g/mol. The Morgan fingerprint density at radius 2 is 1.74 bits per heavy atom. The van der Waals surface area contributed by atoms with Crippen LogP contribution in [-0.4, -0.2) is 12.6 Å². The number of benzene rings is 2. The summed E-state index contributed by atoms with van der Waals surface area (Å²) in [6.45, 7) is 4.12. The van der Waals surface area contributed by atoms with Gasteiger partial charge in [0.05, 0.1) is 0 Å². The normalized spacial score (nSPS) is 10.0. The molecule has 1 amide bonds. The molecule has 0 bridgehead atoms. The molecule has 98 valence electrons. The second-order valence-corrected chi connectivity index (χ2v) is 4.48. The fraction of sp³-hybridized carbons (Fsp3) is 0.188. The molecule has 0 aliphatic carbocycles. The first-order valence-electron chi connectivity index (χ1n) is 6.19. The molecule has 0 unspecified atom stereocenters. The highest BCUT2D eigenvalue weighted by Gasteiger charge is 2.04.